The zero-order chi connectivity index (χ0) is 18.0. The average Bonchev–Trinajstić information content (AvgIpc) is 2.57. The van der Waals surface area contributed by atoms with Gasteiger partial charge in [-0.25, -0.2) is 4.39 Å². The number of β-amino-alcohol motifs (C(OH)–C–C–N with tert-alkyl or cyclic N) is 1. The van der Waals surface area contributed by atoms with E-state index >= 15 is 0 Å². The molecule has 25 heavy (non-hydrogen) atoms. The average molecular weight is 350 g/mol. The van der Waals surface area contributed by atoms with Crippen LogP contribution in [0.1, 0.15) is 31.7 Å². The van der Waals surface area contributed by atoms with Crippen LogP contribution < -0.4 is 4.74 Å². The van der Waals surface area contributed by atoms with Gasteiger partial charge in [0.15, 0.2) is 0 Å². The number of carbonyl (C=O) groups excluding carboxylic acids is 1. The van der Waals surface area contributed by atoms with E-state index in [0.717, 1.165) is 44.5 Å². The minimum Gasteiger partial charge on any atom is -0.496 e. The van der Waals surface area contributed by atoms with Crippen molar-refractivity contribution >= 4 is 5.91 Å². The molecule has 1 unspecified atom stereocenters. The number of aliphatic hydroxyl groups excluding tert-OH is 1. The van der Waals surface area contributed by atoms with E-state index in [9.17, 15) is 14.3 Å². The third-order valence-corrected chi connectivity index (χ3v) is 5.62. The molecular formula is C19H27FN2O3. The Bertz CT molecular complexity index is 629. The molecular weight excluding hydrogens is 323 g/mol. The predicted molar refractivity (Wildman–Crippen MR) is 92.8 cm³/mol. The molecule has 2 heterocycles. The summed E-state index contributed by atoms with van der Waals surface area (Å²) in [6, 6.07) is 4.61. The molecule has 138 valence electrons. The van der Waals surface area contributed by atoms with Crippen LogP contribution in [0.15, 0.2) is 18.2 Å². The van der Waals surface area contributed by atoms with Crippen molar-refractivity contribution in [2.75, 3.05) is 33.3 Å². The zero-order valence-corrected chi connectivity index (χ0v) is 15.0. The number of rotatable bonds is 3. The molecule has 0 aromatic heterocycles. The maximum Gasteiger partial charge on any atom is 0.219 e. The molecule has 1 amide bonds. The molecule has 2 saturated heterocycles. The van der Waals surface area contributed by atoms with Crippen molar-refractivity contribution in [2.24, 2.45) is 5.41 Å². The summed E-state index contributed by atoms with van der Waals surface area (Å²) in [6.07, 6.45) is 2.19. The summed E-state index contributed by atoms with van der Waals surface area (Å²) >= 11 is 0. The summed E-state index contributed by atoms with van der Waals surface area (Å²) in [6.45, 7) is 5.14. The Morgan fingerprint density at radius 3 is 2.76 bits per heavy atom. The van der Waals surface area contributed by atoms with Crippen LogP contribution in [-0.2, 0) is 11.3 Å². The highest BCUT2D eigenvalue weighted by Gasteiger charge is 2.42. The second-order valence-corrected chi connectivity index (χ2v) is 7.49. The highest BCUT2D eigenvalue weighted by atomic mass is 19.1. The van der Waals surface area contributed by atoms with E-state index < -0.39 is 6.10 Å². The van der Waals surface area contributed by atoms with Crippen LogP contribution in [0, 0.1) is 11.2 Å². The Labute approximate surface area is 148 Å². The van der Waals surface area contributed by atoms with E-state index in [1.165, 1.54) is 12.1 Å². The molecule has 2 aliphatic rings. The fraction of sp³-hybridized carbons (Fsp3) is 0.632. The number of methoxy groups -OCH3 is 1. The van der Waals surface area contributed by atoms with Gasteiger partial charge in [-0.05, 0) is 56.0 Å². The highest BCUT2D eigenvalue weighted by molar-refractivity contribution is 5.73. The quantitative estimate of drug-likeness (QED) is 0.906. The number of nitrogens with zero attached hydrogens (tertiary/aromatic N) is 2. The topological polar surface area (TPSA) is 53.0 Å². The van der Waals surface area contributed by atoms with Crippen LogP contribution in [0.25, 0.3) is 0 Å². The maximum atomic E-state index is 13.5. The summed E-state index contributed by atoms with van der Waals surface area (Å²) in [7, 11) is 1.60. The fourth-order valence-electron chi connectivity index (χ4n) is 4.25. The van der Waals surface area contributed by atoms with Gasteiger partial charge in [-0.2, -0.15) is 0 Å². The molecule has 0 aliphatic carbocycles. The van der Waals surface area contributed by atoms with Gasteiger partial charge in [-0.15, -0.1) is 0 Å². The molecule has 1 aromatic carbocycles. The number of carbonyl (C=O) groups is 1. The van der Waals surface area contributed by atoms with Crippen molar-refractivity contribution in [3.05, 3.63) is 29.6 Å². The van der Waals surface area contributed by atoms with Crippen molar-refractivity contribution in [2.45, 2.75) is 38.8 Å². The lowest BCUT2D eigenvalue weighted by molar-refractivity contribution is -0.138. The van der Waals surface area contributed by atoms with Gasteiger partial charge < -0.3 is 14.7 Å². The lowest BCUT2D eigenvalue weighted by Crippen LogP contribution is -2.54. The molecule has 1 N–H and O–H groups in total. The Hall–Kier alpha value is -1.66. The molecule has 2 aliphatic heterocycles. The van der Waals surface area contributed by atoms with E-state index in [4.69, 9.17) is 4.74 Å². The van der Waals surface area contributed by atoms with Crippen molar-refractivity contribution in [3.8, 4) is 5.75 Å². The molecule has 0 saturated carbocycles. The van der Waals surface area contributed by atoms with Crippen molar-refractivity contribution in [1.29, 1.82) is 0 Å². The first-order chi connectivity index (χ1) is 11.9. The molecule has 1 atom stereocenters. The third kappa shape index (κ3) is 4.12. The number of aliphatic hydroxyl groups is 1. The first-order valence-electron chi connectivity index (χ1n) is 8.89. The zero-order valence-electron chi connectivity index (χ0n) is 15.0. The summed E-state index contributed by atoms with van der Waals surface area (Å²) in [5.74, 6) is 0.486. The highest BCUT2D eigenvalue weighted by Crippen LogP contribution is 2.40. The van der Waals surface area contributed by atoms with Gasteiger partial charge in [0, 0.05) is 32.1 Å². The Morgan fingerprint density at radius 2 is 2.12 bits per heavy atom. The largest absolute Gasteiger partial charge is 0.496 e. The molecule has 1 aromatic rings. The van der Waals surface area contributed by atoms with Crippen LogP contribution >= 0.6 is 0 Å². The molecule has 1 spiro atoms. The molecule has 5 nitrogen and oxygen atoms in total. The van der Waals surface area contributed by atoms with Gasteiger partial charge in [-0.1, -0.05) is 0 Å². The van der Waals surface area contributed by atoms with E-state index in [1.54, 1.807) is 25.0 Å². The second kappa shape index (κ2) is 7.30. The van der Waals surface area contributed by atoms with E-state index in [0.29, 0.717) is 18.8 Å². The minimum absolute atomic E-state index is 0.00581. The second-order valence-electron chi connectivity index (χ2n) is 7.49. The van der Waals surface area contributed by atoms with Crippen molar-refractivity contribution < 1.29 is 19.0 Å². The van der Waals surface area contributed by atoms with E-state index in [-0.39, 0.29) is 17.1 Å². The smallest absolute Gasteiger partial charge is 0.219 e. The Kier molecular flexibility index (Phi) is 5.29. The number of amides is 1. The van der Waals surface area contributed by atoms with E-state index in [1.807, 2.05) is 0 Å². The third-order valence-electron chi connectivity index (χ3n) is 5.62. The van der Waals surface area contributed by atoms with Crippen molar-refractivity contribution in [3.63, 3.8) is 0 Å². The number of likely N-dealkylation sites (tertiary alicyclic amines) is 2. The lowest BCUT2D eigenvalue weighted by atomic mass is 9.71. The van der Waals surface area contributed by atoms with Gasteiger partial charge in [0.25, 0.3) is 0 Å². The SMILES string of the molecule is COc1ccc(F)cc1CN1CCC2(CC1)CC(O)CN(C(C)=O)C2. The van der Waals surface area contributed by atoms with Gasteiger partial charge in [-0.3, -0.25) is 9.69 Å². The predicted octanol–water partition coefficient (Wildman–Crippen LogP) is 2.03. The molecule has 0 radical (unpaired) electrons. The standard InChI is InChI=1S/C19H27FN2O3/c1-14(23)22-12-17(24)10-19(13-22)5-7-21(8-6-19)11-15-9-16(20)3-4-18(15)25-2/h3-4,9,17,24H,5-8,10-13H2,1-2H3. The van der Waals surface area contributed by atoms with Crippen LogP contribution in [0.5, 0.6) is 5.75 Å². The summed E-state index contributed by atoms with van der Waals surface area (Å²) < 4.78 is 18.9. The molecule has 3 rings (SSSR count). The first kappa shape index (κ1) is 18.1. The van der Waals surface area contributed by atoms with Crippen LogP contribution in [-0.4, -0.2) is 60.2 Å². The van der Waals surface area contributed by atoms with Crippen LogP contribution in [0.2, 0.25) is 0 Å². The van der Waals surface area contributed by atoms with Gasteiger partial charge in [0.1, 0.15) is 11.6 Å². The lowest BCUT2D eigenvalue weighted by Gasteiger charge is -2.49. The number of halogens is 1. The minimum atomic E-state index is -0.437. The summed E-state index contributed by atoms with van der Waals surface area (Å²) in [4.78, 5) is 15.8. The fourth-order valence-corrected chi connectivity index (χ4v) is 4.25. The number of ether oxygens (including phenoxy) is 1. The number of hydrogen-bond donors (Lipinski definition) is 1. The first-order valence-corrected chi connectivity index (χ1v) is 8.89. The van der Waals surface area contributed by atoms with Gasteiger partial charge >= 0.3 is 0 Å². The summed E-state index contributed by atoms with van der Waals surface area (Å²) in [5.41, 5.74) is 0.860. The van der Waals surface area contributed by atoms with Crippen LogP contribution in [0.4, 0.5) is 4.39 Å². The normalized spacial score (nSPS) is 23.7. The Balaban J connectivity index is 1.64. The number of piperidine rings is 2. The van der Waals surface area contributed by atoms with Gasteiger partial charge in [0.05, 0.1) is 13.2 Å². The molecule has 6 heteroatoms. The number of benzene rings is 1. The van der Waals surface area contributed by atoms with Crippen LogP contribution in [0.3, 0.4) is 0 Å². The Morgan fingerprint density at radius 1 is 1.40 bits per heavy atom. The van der Waals surface area contributed by atoms with Crippen molar-refractivity contribution in [1.82, 2.24) is 9.80 Å². The number of hydrogen-bond acceptors (Lipinski definition) is 4. The summed E-state index contributed by atoms with van der Waals surface area (Å²) in [5, 5.41) is 10.2. The molecule has 2 fully saturated rings. The monoisotopic (exact) mass is 350 g/mol. The van der Waals surface area contributed by atoms with Gasteiger partial charge in [0.2, 0.25) is 5.91 Å². The maximum absolute atomic E-state index is 13.5. The molecule has 0 bridgehead atoms. The van der Waals surface area contributed by atoms with E-state index in [2.05, 4.69) is 4.90 Å².